The number of hydrogen-bond acceptors (Lipinski definition) is 2. The molecule has 0 saturated heterocycles. The van der Waals surface area contributed by atoms with Gasteiger partial charge in [-0.1, -0.05) is 38.0 Å². The first kappa shape index (κ1) is 12.7. The largest absolute Gasteiger partial charge is 0.385 e. The van der Waals surface area contributed by atoms with Crippen molar-refractivity contribution in [1.29, 1.82) is 0 Å². The van der Waals surface area contributed by atoms with E-state index in [4.69, 9.17) is 5.73 Å². The molecule has 0 unspecified atom stereocenters. The monoisotopic (exact) mass is 192 g/mol. The Bertz CT molecular complexity index is 239. The summed E-state index contributed by atoms with van der Waals surface area (Å²) in [6.07, 6.45) is 6.37. The first-order valence-electron chi connectivity index (χ1n) is 4.70. The van der Waals surface area contributed by atoms with E-state index in [1.165, 1.54) is 0 Å². The predicted molar refractivity (Wildman–Crippen MR) is 63.9 cm³/mol. The Kier molecular flexibility index (Phi) is 6.50. The van der Waals surface area contributed by atoms with Crippen LogP contribution in [0.1, 0.15) is 13.3 Å². The molecule has 0 aromatic heterocycles. The van der Waals surface area contributed by atoms with E-state index < -0.39 is 0 Å². The molecule has 14 heavy (non-hydrogen) atoms. The fourth-order valence-electron chi connectivity index (χ4n) is 1.20. The Morgan fingerprint density at radius 1 is 1.50 bits per heavy atom. The van der Waals surface area contributed by atoms with Crippen molar-refractivity contribution in [2.24, 2.45) is 5.73 Å². The van der Waals surface area contributed by atoms with Gasteiger partial charge in [0.1, 0.15) is 0 Å². The molecule has 0 aliphatic carbocycles. The van der Waals surface area contributed by atoms with Crippen molar-refractivity contribution in [3.8, 4) is 0 Å². The third kappa shape index (κ3) is 5.38. The lowest BCUT2D eigenvalue weighted by atomic mass is 10.1. The van der Waals surface area contributed by atoms with Gasteiger partial charge < -0.3 is 11.1 Å². The SMILES string of the molecule is C=C/C=C(\C=C)C[C@@H](CN)NC(=C)C. The Morgan fingerprint density at radius 2 is 2.14 bits per heavy atom. The fraction of sp³-hybridized carbons (Fsp3) is 0.333. The molecule has 2 heteroatoms. The van der Waals surface area contributed by atoms with Gasteiger partial charge in [-0.3, -0.25) is 0 Å². The van der Waals surface area contributed by atoms with Crippen molar-refractivity contribution in [2.45, 2.75) is 19.4 Å². The Balaban J connectivity index is 4.27. The summed E-state index contributed by atoms with van der Waals surface area (Å²) in [7, 11) is 0. The van der Waals surface area contributed by atoms with Crippen LogP contribution in [0.25, 0.3) is 0 Å². The van der Waals surface area contributed by atoms with Crippen LogP contribution >= 0.6 is 0 Å². The zero-order valence-corrected chi connectivity index (χ0v) is 8.92. The summed E-state index contributed by atoms with van der Waals surface area (Å²) in [5.41, 5.74) is 7.69. The second-order valence-electron chi connectivity index (χ2n) is 3.24. The van der Waals surface area contributed by atoms with Gasteiger partial charge >= 0.3 is 0 Å². The van der Waals surface area contributed by atoms with Crippen LogP contribution in [0.2, 0.25) is 0 Å². The number of rotatable bonds is 7. The Hall–Kier alpha value is -1.28. The van der Waals surface area contributed by atoms with Gasteiger partial charge in [-0.25, -0.2) is 0 Å². The standard InChI is InChI=1S/C12H20N2/c1-5-7-11(6-2)8-12(9-13)14-10(3)4/h5-7,12,14H,1-3,8-9,13H2,4H3/b11-7+/t12-/m0/s1. The van der Waals surface area contributed by atoms with Crippen molar-refractivity contribution < 1.29 is 0 Å². The summed E-state index contributed by atoms with van der Waals surface area (Å²) in [4.78, 5) is 0. The number of hydrogen-bond donors (Lipinski definition) is 2. The average molecular weight is 192 g/mol. The molecule has 0 aromatic rings. The second kappa shape index (κ2) is 7.15. The predicted octanol–water partition coefficient (Wildman–Crippen LogP) is 2.13. The van der Waals surface area contributed by atoms with Crippen molar-refractivity contribution in [3.05, 3.63) is 49.2 Å². The molecule has 0 rings (SSSR count). The summed E-state index contributed by atoms with van der Waals surface area (Å²) >= 11 is 0. The minimum Gasteiger partial charge on any atom is -0.385 e. The lowest BCUT2D eigenvalue weighted by Crippen LogP contribution is -2.34. The van der Waals surface area contributed by atoms with Crippen LogP contribution < -0.4 is 11.1 Å². The summed E-state index contributed by atoms with van der Waals surface area (Å²) in [5.74, 6) is 0. The van der Waals surface area contributed by atoms with Gasteiger partial charge in [0.25, 0.3) is 0 Å². The van der Waals surface area contributed by atoms with Gasteiger partial charge in [0.15, 0.2) is 0 Å². The van der Waals surface area contributed by atoms with Crippen LogP contribution in [0.4, 0.5) is 0 Å². The maximum atomic E-state index is 5.63. The van der Waals surface area contributed by atoms with E-state index in [0.717, 1.165) is 17.7 Å². The first-order chi connectivity index (χ1) is 6.63. The molecule has 1 atom stereocenters. The van der Waals surface area contributed by atoms with E-state index in [1.54, 1.807) is 6.08 Å². The van der Waals surface area contributed by atoms with Crippen molar-refractivity contribution in [2.75, 3.05) is 6.54 Å². The molecule has 2 nitrogen and oxygen atoms in total. The molecule has 78 valence electrons. The number of allylic oxidation sites excluding steroid dienone is 4. The lowest BCUT2D eigenvalue weighted by Gasteiger charge is -2.18. The van der Waals surface area contributed by atoms with E-state index in [0.29, 0.717) is 6.54 Å². The molecule has 0 heterocycles. The van der Waals surface area contributed by atoms with Gasteiger partial charge in [-0.2, -0.15) is 0 Å². The van der Waals surface area contributed by atoms with Crippen LogP contribution in [-0.4, -0.2) is 12.6 Å². The van der Waals surface area contributed by atoms with Gasteiger partial charge in [-0.05, 0) is 18.9 Å². The number of nitrogens with one attached hydrogen (secondary N) is 1. The highest BCUT2D eigenvalue weighted by molar-refractivity contribution is 5.22. The van der Waals surface area contributed by atoms with E-state index >= 15 is 0 Å². The second-order valence-corrected chi connectivity index (χ2v) is 3.24. The van der Waals surface area contributed by atoms with Gasteiger partial charge in [0.2, 0.25) is 0 Å². The molecule has 0 bridgehead atoms. The topological polar surface area (TPSA) is 38.0 Å². The highest BCUT2D eigenvalue weighted by Crippen LogP contribution is 2.07. The molecule has 0 aliphatic rings. The first-order valence-corrected chi connectivity index (χ1v) is 4.70. The Morgan fingerprint density at radius 3 is 2.50 bits per heavy atom. The van der Waals surface area contributed by atoms with Crippen molar-refractivity contribution >= 4 is 0 Å². The minimum absolute atomic E-state index is 0.219. The van der Waals surface area contributed by atoms with Crippen LogP contribution in [0.3, 0.4) is 0 Å². The molecular weight excluding hydrogens is 172 g/mol. The fourth-order valence-corrected chi connectivity index (χ4v) is 1.20. The highest BCUT2D eigenvalue weighted by Gasteiger charge is 2.06. The normalized spacial score (nSPS) is 13.1. The molecule has 0 aromatic carbocycles. The van der Waals surface area contributed by atoms with Crippen LogP contribution in [0.15, 0.2) is 49.2 Å². The third-order valence-electron chi connectivity index (χ3n) is 1.81. The van der Waals surface area contributed by atoms with Crippen LogP contribution in [-0.2, 0) is 0 Å². The molecule has 0 amide bonds. The summed E-state index contributed by atoms with van der Waals surface area (Å²) in [6.45, 7) is 13.7. The molecular formula is C12H20N2. The van der Waals surface area contributed by atoms with E-state index in [9.17, 15) is 0 Å². The highest BCUT2D eigenvalue weighted by atomic mass is 14.9. The zero-order valence-electron chi connectivity index (χ0n) is 8.92. The smallest absolute Gasteiger partial charge is 0.0420 e. The maximum Gasteiger partial charge on any atom is 0.0420 e. The molecule has 0 radical (unpaired) electrons. The lowest BCUT2D eigenvalue weighted by molar-refractivity contribution is 0.575. The van der Waals surface area contributed by atoms with Gasteiger partial charge in [0.05, 0.1) is 0 Å². The van der Waals surface area contributed by atoms with Crippen molar-refractivity contribution in [3.63, 3.8) is 0 Å². The van der Waals surface area contributed by atoms with E-state index in [2.05, 4.69) is 25.1 Å². The molecule has 0 aliphatic heterocycles. The van der Waals surface area contributed by atoms with Gasteiger partial charge in [0, 0.05) is 18.3 Å². The third-order valence-corrected chi connectivity index (χ3v) is 1.81. The Labute approximate surface area is 86.9 Å². The molecule has 0 spiro atoms. The summed E-state index contributed by atoms with van der Waals surface area (Å²) in [6, 6.07) is 0.219. The quantitative estimate of drug-likeness (QED) is 0.606. The van der Waals surface area contributed by atoms with Crippen molar-refractivity contribution in [1.82, 2.24) is 5.32 Å². The molecule has 3 N–H and O–H groups in total. The minimum atomic E-state index is 0.219. The molecule has 0 saturated carbocycles. The van der Waals surface area contributed by atoms with E-state index in [1.807, 2.05) is 19.1 Å². The zero-order chi connectivity index (χ0) is 11.0. The summed E-state index contributed by atoms with van der Waals surface area (Å²) < 4.78 is 0. The summed E-state index contributed by atoms with van der Waals surface area (Å²) in [5, 5.41) is 3.21. The van der Waals surface area contributed by atoms with Gasteiger partial charge in [-0.15, -0.1) is 0 Å². The van der Waals surface area contributed by atoms with Crippen LogP contribution in [0, 0.1) is 0 Å². The van der Waals surface area contributed by atoms with E-state index in [-0.39, 0.29) is 6.04 Å². The van der Waals surface area contributed by atoms with Crippen LogP contribution in [0.5, 0.6) is 0 Å². The molecule has 0 fully saturated rings. The maximum absolute atomic E-state index is 5.63. The number of nitrogens with two attached hydrogens (primary N) is 1. The average Bonchev–Trinajstić information content (AvgIpc) is 2.15.